The second kappa shape index (κ2) is 3.25. The van der Waals surface area contributed by atoms with E-state index in [-0.39, 0.29) is 0 Å². The molecule has 0 radical (unpaired) electrons. The maximum absolute atomic E-state index is 10.7. The summed E-state index contributed by atoms with van der Waals surface area (Å²) < 4.78 is 0. The van der Waals surface area contributed by atoms with Crippen LogP contribution in [0.4, 0.5) is 4.79 Å². The van der Waals surface area contributed by atoms with E-state index in [2.05, 4.69) is 0 Å². The number of carbonyl (C=O) groups is 1. The first kappa shape index (κ1) is 9.48. The molecule has 4 nitrogen and oxygen atoms in total. The lowest BCUT2D eigenvalue weighted by atomic mass is 10.1. The number of nitrogens with zero attached hydrogens (tertiary/aromatic N) is 1. The molecule has 0 fully saturated rings. The van der Waals surface area contributed by atoms with Crippen molar-refractivity contribution >= 4 is 17.4 Å². The number of carboxylic acid groups (broad SMARTS) is 1. The molecule has 76 valence electrons. The summed E-state index contributed by atoms with van der Waals surface area (Å²) in [7, 11) is 0. The molecular weight excluding hydrogens is 202 g/mol. The molecule has 0 saturated carbocycles. The Hall–Kier alpha value is -1.07. The van der Waals surface area contributed by atoms with E-state index in [1.165, 1.54) is 16.2 Å². The summed E-state index contributed by atoms with van der Waals surface area (Å²) in [6, 6.07) is 0. The van der Waals surface area contributed by atoms with Gasteiger partial charge >= 0.3 is 6.09 Å². The monoisotopic (exact) mass is 213 g/mol. The van der Waals surface area contributed by atoms with Gasteiger partial charge in [0.2, 0.25) is 0 Å². The minimum Gasteiger partial charge on any atom is -0.465 e. The highest BCUT2D eigenvalue weighted by atomic mass is 32.1. The molecule has 1 amide bonds. The zero-order valence-corrected chi connectivity index (χ0v) is 8.54. The fourth-order valence-corrected chi connectivity index (χ4v) is 2.71. The molecule has 0 aliphatic carbocycles. The highest BCUT2D eigenvalue weighted by Gasteiger charge is 2.27. The van der Waals surface area contributed by atoms with Crippen molar-refractivity contribution < 1.29 is 15.0 Å². The molecule has 0 spiro atoms. The summed E-state index contributed by atoms with van der Waals surface area (Å²) in [4.78, 5) is 13.0. The summed E-state index contributed by atoms with van der Waals surface area (Å²) in [6.45, 7) is 2.57. The predicted octanol–water partition coefficient (Wildman–Crippen LogP) is 1.79. The second-order valence-electron chi connectivity index (χ2n) is 3.42. The number of hydrogen-bond donors (Lipinski definition) is 2. The van der Waals surface area contributed by atoms with E-state index in [4.69, 9.17) is 5.11 Å². The number of fused-ring (bicyclic) bond motifs is 1. The maximum atomic E-state index is 10.7. The van der Waals surface area contributed by atoms with E-state index in [0.717, 1.165) is 16.0 Å². The van der Waals surface area contributed by atoms with Gasteiger partial charge in [0.1, 0.15) is 0 Å². The van der Waals surface area contributed by atoms with Gasteiger partial charge in [0.05, 0.1) is 19.2 Å². The van der Waals surface area contributed by atoms with Crippen LogP contribution < -0.4 is 0 Å². The molecule has 1 aromatic rings. The zero-order chi connectivity index (χ0) is 10.3. The minimum atomic E-state index is -0.900. The number of aliphatic hydroxyl groups excluding tert-OH is 1. The maximum Gasteiger partial charge on any atom is 0.407 e. The van der Waals surface area contributed by atoms with Crippen LogP contribution in [-0.2, 0) is 13.1 Å². The SMILES string of the molecule is CC(O)c1scc2c1CN(C(=O)O)C2. The average Bonchev–Trinajstić information content (AvgIpc) is 2.58. The Balaban J connectivity index is 2.28. The molecule has 0 aromatic carbocycles. The van der Waals surface area contributed by atoms with Crippen molar-refractivity contribution in [3.63, 3.8) is 0 Å². The highest BCUT2D eigenvalue weighted by Crippen LogP contribution is 2.34. The Morgan fingerprint density at radius 2 is 2.36 bits per heavy atom. The fraction of sp³-hybridized carbons (Fsp3) is 0.444. The molecule has 2 rings (SSSR count). The van der Waals surface area contributed by atoms with Crippen molar-refractivity contribution in [3.05, 3.63) is 21.4 Å². The van der Waals surface area contributed by atoms with Crippen LogP contribution in [0.5, 0.6) is 0 Å². The average molecular weight is 213 g/mol. The fourth-order valence-electron chi connectivity index (χ4n) is 1.69. The lowest BCUT2D eigenvalue weighted by molar-refractivity contribution is 0.144. The van der Waals surface area contributed by atoms with Gasteiger partial charge < -0.3 is 10.2 Å². The van der Waals surface area contributed by atoms with Gasteiger partial charge in [-0.05, 0) is 23.4 Å². The van der Waals surface area contributed by atoms with Gasteiger partial charge in [-0.2, -0.15) is 0 Å². The van der Waals surface area contributed by atoms with Gasteiger partial charge in [0, 0.05) is 4.88 Å². The molecule has 5 heteroatoms. The van der Waals surface area contributed by atoms with Crippen molar-refractivity contribution in [2.45, 2.75) is 26.1 Å². The van der Waals surface area contributed by atoms with Crippen LogP contribution in [0.25, 0.3) is 0 Å². The molecule has 1 aliphatic heterocycles. The summed E-state index contributed by atoms with van der Waals surface area (Å²) in [6.07, 6.45) is -1.40. The number of thiophene rings is 1. The first-order valence-electron chi connectivity index (χ1n) is 4.34. The van der Waals surface area contributed by atoms with Crippen LogP contribution >= 0.6 is 11.3 Å². The molecular formula is C9H11NO3S. The summed E-state index contributed by atoms with van der Waals surface area (Å²) in [5, 5.41) is 20.2. The van der Waals surface area contributed by atoms with Crippen molar-refractivity contribution in [3.8, 4) is 0 Å². The van der Waals surface area contributed by atoms with E-state index in [9.17, 15) is 9.90 Å². The summed E-state index contributed by atoms with van der Waals surface area (Å²) in [5.74, 6) is 0. The smallest absolute Gasteiger partial charge is 0.407 e. The van der Waals surface area contributed by atoms with E-state index in [1.807, 2.05) is 5.38 Å². The first-order chi connectivity index (χ1) is 6.59. The summed E-state index contributed by atoms with van der Waals surface area (Å²) >= 11 is 1.50. The van der Waals surface area contributed by atoms with Crippen LogP contribution in [0.15, 0.2) is 5.38 Å². The lowest BCUT2D eigenvalue weighted by Crippen LogP contribution is -2.23. The number of rotatable bonds is 1. The number of hydrogen-bond acceptors (Lipinski definition) is 3. The Morgan fingerprint density at radius 1 is 1.64 bits per heavy atom. The van der Waals surface area contributed by atoms with Gasteiger partial charge in [-0.25, -0.2) is 4.79 Å². The number of aliphatic hydroxyl groups is 1. The quantitative estimate of drug-likeness (QED) is 0.747. The van der Waals surface area contributed by atoms with E-state index in [0.29, 0.717) is 13.1 Å². The van der Waals surface area contributed by atoms with Crippen LogP contribution in [0.3, 0.4) is 0 Å². The third-order valence-corrected chi connectivity index (χ3v) is 3.62. The molecule has 2 N–H and O–H groups in total. The predicted molar refractivity (Wildman–Crippen MR) is 52.2 cm³/mol. The molecule has 1 unspecified atom stereocenters. The molecule has 1 aromatic heterocycles. The standard InChI is InChI=1S/C9H11NO3S/c1-5(11)8-7-3-10(9(12)13)2-6(7)4-14-8/h4-5,11H,2-3H2,1H3,(H,12,13). The van der Waals surface area contributed by atoms with Crippen LogP contribution in [0, 0.1) is 0 Å². The molecule has 1 atom stereocenters. The normalized spacial score (nSPS) is 16.9. The van der Waals surface area contributed by atoms with E-state index >= 15 is 0 Å². The third-order valence-electron chi connectivity index (χ3n) is 2.37. The van der Waals surface area contributed by atoms with Crippen molar-refractivity contribution in [1.29, 1.82) is 0 Å². The lowest BCUT2D eigenvalue weighted by Gasteiger charge is -2.10. The van der Waals surface area contributed by atoms with Crippen LogP contribution in [-0.4, -0.2) is 21.2 Å². The van der Waals surface area contributed by atoms with E-state index in [1.54, 1.807) is 6.92 Å². The molecule has 14 heavy (non-hydrogen) atoms. The van der Waals surface area contributed by atoms with Crippen molar-refractivity contribution in [2.75, 3.05) is 0 Å². The largest absolute Gasteiger partial charge is 0.465 e. The molecule has 0 saturated heterocycles. The third kappa shape index (κ3) is 1.38. The minimum absolute atomic E-state index is 0.411. The number of amides is 1. The van der Waals surface area contributed by atoms with Crippen molar-refractivity contribution in [2.24, 2.45) is 0 Å². The van der Waals surface area contributed by atoms with Crippen LogP contribution in [0.1, 0.15) is 29.0 Å². The molecule has 1 aliphatic rings. The Bertz CT molecular complexity index is 372. The highest BCUT2D eigenvalue weighted by molar-refractivity contribution is 7.10. The van der Waals surface area contributed by atoms with Gasteiger partial charge in [0.15, 0.2) is 0 Å². The molecule has 2 heterocycles. The first-order valence-corrected chi connectivity index (χ1v) is 5.22. The Morgan fingerprint density at radius 3 is 2.93 bits per heavy atom. The zero-order valence-electron chi connectivity index (χ0n) is 7.73. The summed E-state index contributed by atoms with van der Waals surface area (Å²) in [5.41, 5.74) is 2.03. The van der Waals surface area contributed by atoms with E-state index < -0.39 is 12.2 Å². The van der Waals surface area contributed by atoms with Gasteiger partial charge in [-0.1, -0.05) is 0 Å². The topological polar surface area (TPSA) is 60.8 Å². The molecule has 0 bridgehead atoms. The van der Waals surface area contributed by atoms with Gasteiger partial charge in [-0.3, -0.25) is 4.90 Å². The van der Waals surface area contributed by atoms with Crippen molar-refractivity contribution in [1.82, 2.24) is 4.90 Å². The van der Waals surface area contributed by atoms with Gasteiger partial charge in [-0.15, -0.1) is 11.3 Å². The van der Waals surface area contributed by atoms with Gasteiger partial charge in [0.25, 0.3) is 0 Å². The van der Waals surface area contributed by atoms with Crippen LogP contribution in [0.2, 0.25) is 0 Å². The Labute approximate surface area is 85.4 Å². The Kier molecular flexibility index (Phi) is 2.20. The second-order valence-corrected chi connectivity index (χ2v) is 4.33.